The summed E-state index contributed by atoms with van der Waals surface area (Å²) in [7, 11) is 1.65. The first kappa shape index (κ1) is 16.8. The number of carbonyl (C=O) groups excluding carboxylic acids is 1. The third-order valence-corrected chi connectivity index (χ3v) is 5.12. The van der Waals surface area contributed by atoms with Gasteiger partial charge in [0.25, 0.3) is 0 Å². The van der Waals surface area contributed by atoms with Gasteiger partial charge in [0.15, 0.2) is 0 Å². The highest BCUT2D eigenvalue weighted by Crippen LogP contribution is 2.33. The lowest BCUT2D eigenvalue weighted by atomic mass is 9.93. The molecule has 26 heavy (non-hydrogen) atoms. The van der Waals surface area contributed by atoms with Gasteiger partial charge in [0.05, 0.1) is 19.1 Å². The number of nitrogens with zero attached hydrogens (tertiary/aromatic N) is 2. The molecule has 1 fully saturated rings. The molecular formula is C20H23N3O3. The zero-order valence-corrected chi connectivity index (χ0v) is 14.9. The van der Waals surface area contributed by atoms with Crippen molar-refractivity contribution in [1.29, 1.82) is 0 Å². The molecule has 1 aromatic heterocycles. The molecule has 0 radical (unpaired) electrons. The minimum atomic E-state index is -0.174. The van der Waals surface area contributed by atoms with Crippen LogP contribution in [0.5, 0.6) is 11.5 Å². The summed E-state index contributed by atoms with van der Waals surface area (Å²) in [5.74, 6) is 1.61. The summed E-state index contributed by atoms with van der Waals surface area (Å²) in [6.45, 7) is 2.66. The second kappa shape index (κ2) is 7.33. The number of amides is 1. The fourth-order valence-corrected chi connectivity index (χ4v) is 3.73. The molecule has 1 saturated heterocycles. The number of carbonyl (C=O) groups is 1. The minimum Gasteiger partial charge on any atom is -0.497 e. The van der Waals surface area contributed by atoms with E-state index in [-0.39, 0.29) is 17.9 Å². The number of fused-ring (bicyclic) bond motifs is 1. The zero-order chi connectivity index (χ0) is 17.9. The van der Waals surface area contributed by atoms with Crippen molar-refractivity contribution in [2.75, 3.05) is 33.4 Å². The van der Waals surface area contributed by atoms with Gasteiger partial charge >= 0.3 is 0 Å². The first-order chi connectivity index (χ1) is 12.8. The van der Waals surface area contributed by atoms with E-state index in [0.29, 0.717) is 19.6 Å². The summed E-state index contributed by atoms with van der Waals surface area (Å²) in [5, 5.41) is 3.38. The van der Waals surface area contributed by atoms with E-state index in [1.807, 2.05) is 41.4 Å². The molecule has 6 nitrogen and oxygen atoms in total. The molecule has 2 atom stereocenters. The Morgan fingerprint density at radius 3 is 3.12 bits per heavy atom. The largest absolute Gasteiger partial charge is 0.497 e. The van der Waals surface area contributed by atoms with Gasteiger partial charge in [-0.3, -0.25) is 9.78 Å². The Morgan fingerprint density at radius 2 is 2.31 bits per heavy atom. The maximum atomic E-state index is 13.3. The van der Waals surface area contributed by atoms with Crippen LogP contribution in [-0.2, 0) is 11.2 Å². The van der Waals surface area contributed by atoms with Gasteiger partial charge in [0.2, 0.25) is 5.91 Å². The lowest BCUT2D eigenvalue weighted by Crippen LogP contribution is -2.51. The molecule has 136 valence electrons. The average molecular weight is 353 g/mol. The van der Waals surface area contributed by atoms with Crippen LogP contribution in [-0.4, -0.2) is 49.1 Å². The first-order valence-corrected chi connectivity index (χ1v) is 8.97. The van der Waals surface area contributed by atoms with Crippen molar-refractivity contribution in [3.63, 3.8) is 0 Å². The Labute approximate surface area is 153 Å². The fourth-order valence-electron chi connectivity index (χ4n) is 3.73. The number of ether oxygens (including phenoxy) is 2. The molecule has 0 bridgehead atoms. The summed E-state index contributed by atoms with van der Waals surface area (Å²) in [6, 6.07) is 9.72. The summed E-state index contributed by atoms with van der Waals surface area (Å²) in [4.78, 5) is 19.5. The molecule has 1 amide bonds. The highest BCUT2D eigenvalue weighted by atomic mass is 16.5. The molecule has 1 aromatic carbocycles. The lowest BCUT2D eigenvalue weighted by Gasteiger charge is -2.39. The molecule has 2 aromatic rings. The van der Waals surface area contributed by atoms with Gasteiger partial charge in [0, 0.05) is 32.0 Å². The van der Waals surface area contributed by atoms with Gasteiger partial charge in [-0.25, -0.2) is 0 Å². The van der Waals surface area contributed by atoms with Crippen LogP contribution < -0.4 is 14.8 Å². The smallest absolute Gasteiger partial charge is 0.230 e. The summed E-state index contributed by atoms with van der Waals surface area (Å²) >= 11 is 0. The van der Waals surface area contributed by atoms with E-state index in [1.165, 1.54) is 0 Å². The molecule has 1 N–H and O–H groups in total. The topological polar surface area (TPSA) is 63.7 Å². The van der Waals surface area contributed by atoms with Gasteiger partial charge in [-0.1, -0.05) is 6.07 Å². The Balaban J connectivity index is 1.54. The van der Waals surface area contributed by atoms with Crippen LogP contribution in [0.3, 0.4) is 0 Å². The lowest BCUT2D eigenvalue weighted by molar-refractivity contribution is -0.140. The standard InChI is InChI=1S/C20H23N3O3/c1-25-17-4-5-19-15(10-17)9-16(13-26-19)20(24)23-8-7-22-12-18(23)14-3-2-6-21-11-14/h2-6,10-11,16,18,22H,7-9,12-13H2,1H3. The molecule has 4 rings (SSSR count). The van der Waals surface area contributed by atoms with Crippen LogP contribution >= 0.6 is 0 Å². The van der Waals surface area contributed by atoms with E-state index in [4.69, 9.17) is 9.47 Å². The Morgan fingerprint density at radius 1 is 1.38 bits per heavy atom. The van der Waals surface area contributed by atoms with Crippen LogP contribution in [0, 0.1) is 5.92 Å². The SMILES string of the molecule is COc1ccc2c(c1)CC(C(=O)N1CCNCC1c1cccnc1)CO2. The zero-order valence-electron chi connectivity index (χ0n) is 14.9. The molecule has 0 spiro atoms. The van der Waals surface area contributed by atoms with Crippen molar-refractivity contribution in [1.82, 2.24) is 15.2 Å². The maximum absolute atomic E-state index is 13.3. The van der Waals surface area contributed by atoms with E-state index in [0.717, 1.165) is 35.7 Å². The highest BCUT2D eigenvalue weighted by molar-refractivity contribution is 5.80. The summed E-state index contributed by atoms with van der Waals surface area (Å²) < 4.78 is 11.2. The molecular weight excluding hydrogens is 330 g/mol. The first-order valence-electron chi connectivity index (χ1n) is 8.97. The second-order valence-electron chi connectivity index (χ2n) is 6.72. The summed E-state index contributed by atoms with van der Waals surface area (Å²) in [6.07, 6.45) is 4.27. The molecule has 6 heteroatoms. The van der Waals surface area contributed by atoms with Crippen LogP contribution in [0.2, 0.25) is 0 Å². The third kappa shape index (κ3) is 3.24. The predicted octanol–water partition coefficient (Wildman–Crippen LogP) is 1.81. The van der Waals surface area contributed by atoms with Crippen LogP contribution in [0.4, 0.5) is 0 Å². The van der Waals surface area contributed by atoms with Crippen LogP contribution in [0.1, 0.15) is 17.2 Å². The van der Waals surface area contributed by atoms with E-state index in [2.05, 4.69) is 10.3 Å². The Bertz CT molecular complexity index is 781. The van der Waals surface area contributed by atoms with Crippen molar-refractivity contribution >= 4 is 5.91 Å². The van der Waals surface area contributed by atoms with Crippen LogP contribution in [0.15, 0.2) is 42.7 Å². The van der Waals surface area contributed by atoms with Gasteiger partial charge in [-0.15, -0.1) is 0 Å². The fraction of sp³-hybridized carbons (Fsp3) is 0.400. The quantitative estimate of drug-likeness (QED) is 0.912. The van der Waals surface area contributed by atoms with Gasteiger partial charge in [-0.2, -0.15) is 0 Å². The van der Waals surface area contributed by atoms with Crippen LogP contribution in [0.25, 0.3) is 0 Å². The number of hydrogen-bond acceptors (Lipinski definition) is 5. The van der Waals surface area contributed by atoms with Gasteiger partial charge < -0.3 is 19.7 Å². The molecule has 2 aliphatic heterocycles. The third-order valence-electron chi connectivity index (χ3n) is 5.12. The minimum absolute atomic E-state index is 0.0108. The Kier molecular flexibility index (Phi) is 4.75. The molecule has 2 unspecified atom stereocenters. The normalized spacial score (nSPS) is 22.3. The number of nitrogens with one attached hydrogen (secondary N) is 1. The van der Waals surface area contributed by atoms with E-state index in [1.54, 1.807) is 13.3 Å². The van der Waals surface area contributed by atoms with Gasteiger partial charge in [0.1, 0.15) is 18.1 Å². The molecule has 0 aliphatic carbocycles. The number of rotatable bonds is 3. The molecule has 2 aliphatic rings. The van der Waals surface area contributed by atoms with Crippen molar-refractivity contribution in [2.24, 2.45) is 5.92 Å². The van der Waals surface area contributed by atoms with Gasteiger partial charge in [-0.05, 0) is 41.8 Å². The molecule has 0 saturated carbocycles. The van der Waals surface area contributed by atoms with E-state index in [9.17, 15) is 4.79 Å². The number of piperazine rings is 1. The second-order valence-corrected chi connectivity index (χ2v) is 6.72. The Hall–Kier alpha value is -2.60. The number of aromatic nitrogens is 1. The van der Waals surface area contributed by atoms with Crippen molar-refractivity contribution in [3.05, 3.63) is 53.9 Å². The summed E-state index contributed by atoms with van der Waals surface area (Å²) in [5.41, 5.74) is 2.09. The average Bonchev–Trinajstić information content (AvgIpc) is 2.73. The number of methoxy groups -OCH3 is 1. The van der Waals surface area contributed by atoms with Crippen molar-refractivity contribution in [2.45, 2.75) is 12.5 Å². The number of hydrogen-bond donors (Lipinski definition) is 1. The number of pyridine rings is 1. The number of benzene rings is 1. The maximum Gasteiger partial charge on any atom is 0.230 e. The monoisotopic (exact) mass is 353 g/mol. The van der Waals surface area contributed by atoms with Crippen molar-refractivity contribution < 1.29 is 14.3 Å². The predicted molar refractivity (Wildman–Crippen MR) is 97.2 cm³/mol. The van der Waals surface area contributed by atoms with E-state index < -0.39 is 0 Å². The van der Waals surface area contributed by atoms with E-state index >= 15 is 0 Å². The molecule has 3 heterocycles. The van der Waals surface area contributed by atoms with Crippen molar-refractivity contribution in [3.8, 4) is 11.5 Å². The highest BCUT2D eigenvalue weighted by Gasteiger charge is 2.35.